The molecule has 0 radical (unpaired) electrons. The van der Waals surface area contributed by atoms with Crippen LogP contribution in [0.1, 0.15) is 0 Å². The molecule has 0 aliphatic carbocycles. The van der Waals surface area contributed by atoms with Gasteiger partial charge in [-0.1, -0.05) is 24.3 Å². The van der Waals surface area contributed by atoms with E-state index in [2.05, 4.69) is 20.2 Å². The fraction of sp³-hybridized carbons (Fsp3) is 0. The highest BCUT2D eigenvalue weighted by atomic mass is 15.1. The first-order valence-corrected chi connectivity index (χ1v) is 6.24. The van der Waals surface area contributed by atoms with E-state index in [4.69, 9.17) is 0 Å². The minimum Gasteiger partial charge on any atom is -0.264 e. The smallest absolute Gasteiger partial charge is 0.0732 e. The van der Waals surface area contributed by atoms with Crippen LogP contribution < -0.4 is 0 Å². The summed E-state index contributed by atoms with van der Waals surface area (Å²) < 4.78 is 0. The Kier molecular flexibility index (Phi) is 3.55. The minimum atomic E-state index is 0.998. The summed E-state index contributed by atoms with van der Waals surface area (Å²) in [6, 6.07) is 13.8. The molecule has 1 aromatic carbocycles. The Balaban J connectivity index is 0.000000121. The third kappa shape index (κ3) is 2.75. The van der Waals surface area contributed by atoms with Crippen molar-refractivity contribution in [2.24, 2.45) is 0 Å². The maximum Gasteiger partial charge on any atom is 0.0732 e. The van der Waals surface area contributed by atoms with Crippen LogP contribution in [0.3, 0.4) is 0 Å². The van der Waals surface area contributed by atoms with Crippen molar-refractivity contribution in [1.29, 1.82) is 0 Å². The van der Waals surface area contributed by atoms with Gasteiger partial charge in [0.25, 0.3) is 0 Å². The van der Waals surface area contributed by atoms with Gasteiger partial charge in [0.1, 0.15) is 0 Å². The summed E-state index contributed by atoms with van der Waals surface area (Å²) in [7, 11) is 0. The van der Waals surface area contributed by atoms with Gasteiger partial charge in [-0.3, -0.25) is 9.97 Å². The summed E-state index contributed by atoms with van der Waals surface area (Å²) in [6.45, 7) is 0. The molecule has 0 saturated heterocycles. The number of pyridine rings is 2. The van der Waals surface area contributed by atoms with Crippen molar-refractivity contribution in [2.75, 3.05) is 0 Å². The fourth-order valence-electron chi connectivity index (χ4n) is 1.85. The molecule has 96 valence electrons. The maximum atomic E-state index is 4.14. The lowest BCUT2D eigenvalue weighted by atomic mass is 10.2. The summed E-state index contributed by atoms with van der Waals surface area (Å²) in [6.07, 6.45) is 8.85. The molecule has 0 N–H and O–H groups in total. The maximum absolute atomic E-state index is 4.14. The van der Waals surface area contributed by atoms with Crippen molar-refractivity contribution in [3.63, 3.8) is 0 Å². The predicted octanol–water partition coefficient (Wildman–Crippen LogP) is 3.26. The van der Waals surface area contributed by atoms with E-state index >= 15 is 0 Å². The van der Waals surface area contributed by atoms with E-state index in [0.717, 1.165) is 21.7 Å². The normalized spacial score (nSPS) is 10.0. The molecular formula is C16H12N4. The Morgan fingerprint density at radius 2 is 1.30 bits per heavy atom. The molecule has 4 nitrogen and oxygen atoms in total. The van der Waals surface area contributed by atoms with Crippen LogP contribution in [0.4, 0.5) is 0 Å². The first kappa shape index (κ1) is 12.2. The molecule has 0 bridgehead atoms. The SMILES string of the molecule is c1ccc2cnncc2c1.c1cnc2ccncc2c1. The summed E-state index contributed by atoms with van der Waals surface area (Å²) in [5, 5.41) is 10.9. The van der Waals surface area contributed by atoms with Crippen molar-refractivity contribution in [1.82, 2.24) is 20.2 Å². The zero-order chi connectivity index (χ0) is 13.6. The lowest BCUT2D eigenvalue weighted by molar-refractivity contribution is 1.05. The van der Waals surface area contributed by atoms with Crippen LogP contribution in [-0.2, 0) is 0 Å². The van der Waals surface area contributed by atoms with E-state index in [1.807, 2.05) is 48.7 Å². The second-order valence-corrected chi connectivity index (χ2v) is 4.19. The van der Waals surface area contributed by atoms with Crippen molar-refractivity contribution < 1.29 is 0 Å². The summed E-state index contributed by atoms with van der Waals surface area (Å²) >= 11 is 0. The van der Waals surface area contributed by atoms with Gasteiger partial charge in [0, 0.05) is 34.7 Å². The van der Waals surface area contributed by atoms with Crippen LogP contribution in [0.25, 0.3) is 21.7 Å². The Hall–Kier alpha value is -2.88. The van der Waals surface area contributed by atoms with Crippen LogP contribution in [-0.4, -0.2) is 20.2 Å². The molecule has 0 aliphatic heterocycles. The van der Waals surface area contributed by atoms with E-state index in [0.29, 0.717) is 0 Å². The van der Waals surface area contributed by atoms with Gasteiger partial charge >= 0.3 is 0 Å². The van der Waals surface area contributed by atoms with Gasteiger partial charge in [0.2, 0.25) is 0 Å². The molecule has 0 spiro atoms. The zero-order valence-corrected chi connectivity index (χ0v) is 10.7. The highest BCUT2D eigenvalue weighted by Gasteiger charge is 1.88. The van der Waals surface area contributed by atoms with Crippen LogP contribution >= 0.6 is 0 Å². The zero-order valence-electron chi connectivity index (χ0n) is 10.7. The number of aromatic nitrogens is 4. The molecule has 0 saturated carbocycles. The molecule has 3 aromatic heterocycles. The van der Waals surface area contributed by atoms with E-state index in [-0.39, 0.29) is 0 Å². The largest absolute Gasteiger partial charge is 0.264 e. The van der Waals surface area contributed by atoms with Gasteiger partial charge in [-0.15, -0.1) is 0 Å². The van der Waals surface area contributed by atoms with Crippen LogP contribution in [0.5, 0.6) is 0 Å². The fourth-order valence-corrected chi connectivity index (χ4v) is 1.85. The molecule has 0 fully saturated rings. The average Bonchev–Trinajstić information content (AvgIpc) is 2.56. The summed E-state index contributed by atoms with van der Waals surface area (Å²) in [4.78, 5) is 8.11. The van der Waals surface area contributed by atoms with Crippen molar-refractivity contribution in [2.45, 2.75) is 0 Å². The first-order valence-electron chi connectivity index (χ1n) is 6.24. The van der Waals surface area contributed by atoms with E-state index in [9.17, 15) is 0 Å². The average molecular weight is 260 g/mol. The highest BCUT2D eigenvalue weighted by molar-refractivity contribution is 5.80. The van der Waals surface area contributed by atoms with Crippen molar-refractivity contribution >= 4 is 21.7 Å². The van der Waals surface area contributed by atoms with Gasteiger partial charge in [-0.05, 0) is 18.2 Å². The second kappa shape index (κ2) is 5.84. The Morgan fingerprint density at radius 3 is 2.00 bits per heavy atom. The highest BCUT2D eigenvalue weighted by Crippen LogP contribution is 2.08. The standard InChI is InChI=1S/2C8H6N2/c1-2-7-6-9-5-3-8(7)10-4-1;1-2-4-8-6-10-9-5-7(8)3-1/h2*1-6H. The minimum absolute atomic E-state index is 0.998. The number of rotatable bonds is 0. The molecular weight excluding hydrogens is 248 g/mol. The molecule has 0 unspecified atom stereocenters. The molecule has 4 heteroatoms. The quantitative estimate of drug-likeness (QED) is 0.487. The van der Waals surface area contributed by atoms with Gasteiger partial charge < -0.3 is 0 Å². The van der Waals surface area contributed by atoms with Gasteiger partial charge in [0.15, 0.2) is 0 Å². The summed E-state index contributed by atoms with van der Waals surface area (Å²) in [5.41, 5.74) is 0.998. The van der Waals surface area contributed by atoms with Crippen molar-refractivity contribution in [3.8, 4) is 0 Å². The Bertz CT molecular complexity index is 628. The predicted molar refractivity (Wildman–Crippen MR) is 79.1 cm³/mol. The Morgan fingerprint density at radius 1 is 0.600 bits per heavy atom. The lowest BCUT2D eigenvalue weighted by Crippen LogP contribution is -1.77. The molecule has 0 aliphatic rings. The molecule has 0 amide bonds. The topological polar surface area (TPSA) is 51.6 Å². The monoisotopic (exact) mass is 260 g/mol. The van der Waals surface area contributed by atoms with Crippen molar-refractivity contribution in [3.05, 3.63) is 73.4 Å². The number of nitrogens with zero attached hydrogens (tertiary/aromatic N) is 4. The molecule has 20 heavy (non-hydrogen) atoms. The third-order valence-electron chi connectivity index (χ3n) is 2.86. The van der Waals surface area contributed by atoms with Crippen LogP contribution in [0.2, 0.25) is 0 Å². The van der Waals surface area contributed by atoms with E-state index in [1.165, 1.54) is 0 Å². The van der Waals surface area contributed by atoms with Gasteiger partial charge in [0.05, 0.1) is 17.9 Å². The first-order chi connectivity index (χ1) is 9.93. The summed E-state index contributed by atoms with van der Waals surface area (Å²) in [5.74, 6) is 0. The second-order valence-electron chi connectivity index (χ2n) is 4.19. The van der Waals surface area contributed by atoms with Crippen LogP contribution in [0.15, 0.2) is 73.4 Å². The van der Waals surface area contributed by atoms with Gasteiger partial charge in [-0.25, -0.2) is 0 Å². The van der Waals surface area contributed by atoms with E-state index in [1.54, 1.807) is 24.8 Å². The molecule has 4 rings (SSSR count). The third-order valence-corrected chi connectivity index (χ3v) is 2.86. The Labute approximate surface area is 116 Å². The van der Waals surface area contributed by atoms with Gasteiger partial charge in [-0.2, -0.15) is 10.2 Å². The van der Waals surface area contributed by atoms with Crippen LogP contribution in [0, 0.1) is 0 Å². The number of fused-ring (bicyclic) bond motifs is 2. The molecule has 4 aromatic rings. The lowest BCUT2D eigenvalue weighted by Gasteiger charge is -1.90. The number of hydrogen-bond donors (Lipinski definition) is 0. The number of hydrogen-bond acceptors (Lipinski definition) is 4. The van der Waals surface area contributed by atoms with E-state index < -0.39 is 0 Å². The number of benzene rings is 1. The molecule has 0 atom stereocenters. The molecule has 3 heterocycles.